The molecule has 5 nitrogen and oxygen atoms in total. The summed E-state index contributed by atoms with van der Waals surface area (Å²) in [5.41, 5.74) is -0.785. The van der Waals surface area contributed by atoms with E-state index in [-0.39, 0.29) is 35.6 Å². The van der Waals surface area contributed by atoms with Crippen LogP contribution in [0.1, 0.15) is 29.5 Å². The van der Waals surface area contributed by atoms with Gasteiger partial charge < -0.3 is 14.2 Å². The van der Waals surface area contributed by atoms with Crippen LogP contribution in [0, 0.1) is 5.82 Å². The average molecular weight is 405 g/mol. The molecule has 1 aromatic carbocycles. The summed E-state index contributed by atoms with van der Waals surface area (Å²) in [6.07, 6.45) is -3.25. The van der Waals surface area contributed by atoms with E-state index in [9.17, 15) is 17.6 Å². The molecule has 1 spiro atoms. The Balaban J connectivity index is 1.91. The molecule has 1 aromatic heterocycles. The lowest BCUT2D eigenvalue weighted by atomic mass is 9.98. The Morgan fingerprint density at radius 1 is 1.26 bits per heavy atom. The molecule has 1 saturated carbocycles. The molecule has 0 radical (unpaired) electrons. The number of alkyl halides is 3. The molecule has 0 amide bonds. The molecule has 10 heteroatoms. The van der Waals surface area contributed by atoms with Crippen molar-refractivity contribution in [2.45, 2.75) is 31.2 Å². The van der Waals surface area contributed by atoms with Crippen molar-refractivity contribution in [2.24, 2.45) is 0 Å². The number of methoxy groups -OCH3 is 1. The Bertz CT molecular complexity index is 916. The summed E-state index contributed by atoms with van der Waals surface area (Å²) in [6.45, 7) is -0.249. The monoisotopic (exact) mass is 404 g/mol. The Hall–Kier alpha value is -1.97. The van der Waals surface area contributed by atoms with Crippen LogP contribution in [0.3, 0.4) is 0 Å². The maximum atomic E-state index is 14.8. The predicted octanol–water partition coefficient (Wildman–Crippen LogP) is 4.46. The van der Waals surface area contributed by atoms with E-state index in [1.165, 1.54) is 7.11 Å². The summed E-state index contributed by atoms with van der Waals surface area (Å²) in [5.74, 6) is -1.48. The van der Waals surface area contributed by atoms with Crippen LogP contribution in [0.15, 0.2) is 12.1 Å². The smallest absolute Gasteiger partial charge is 0.416 e. The third-order valence-corrected chi connectivity index (χ3v) is 4.90. The molecule has 2 aliphatic rings. The summed E-state index contributed by atoms with van der Waals surface area (Å²) in [4.78, 5) is 0. The van der Waals surface area contributed by atoms with Crippen molar-refractivity contribution in [3.63, 3.8) is 0 Å². The van der Waals surface area contributed by atoms with Gasteiger partial charge in [0, 0.05) is 18.2 Å². The Morgan fingerprint density at radius 2 is 2.00 bits per heavy atom. The van der Waals surface area contributed by atoms with Crippen molar-refractivity contribution in [1.29, 1.82) is 0 Å². The highest BCUT2D eigenvalue weighted by molar-refractivity contribution is 6.30. The standard InChI is InChI=1S/C17H13ClF4N2O3/c1-25-7-26-11-5-8(17(20,21)22)4-10(19)12(11)14-9-6-27-16(2-3-16)13(9)15(18)24-23-14/h4-5H,2-3,6-7H2,1H3. The maximum absolute atomic E-state index is 14.8. The molecule has 0 N–H and O–H groups in total. The van der Waals surface area contributed by atoms with Crippen LogP contribution in [0.4, 0.5) is 17.6 Å². The lowest BCUT2D eigenvalue weighted by Gasteiger charge is -2.16. The fourth-order valence-corrected chi connectivity index (χ4v) is 3.58. The fraction of sp³-hybridized carbons (Fsp3) is 0.412. The van der Waals surface area contributed by atoms with Crippen molar-refractivity contribution in [2.75, 3.05) is 13.9 Å². The van der Waals surface area contributed by atoms with Crippen molar-refractivity contribution >= 4 is 11.6 Å². The lowest BCUT2D eigenvalue weighted by Crippen LogP contribution is -2.10. The van der Waals surface area contributed by atoms with E-state index in [4.69, 9.17) is 25.8 Å². The van der Waals surface area contributed by atoms with Gasteiger partial charge >= 0.3 is 6.18 Å². The minimum Gasteiger partial charge on any atom is -0.467 e. The topological polar surface area (TPSA) is 53.5 Å². The first-order valence-electron chi connectivity index (χ1n) is 7.99. The predicted molar refractivity (Wildman–Crippen MR) is 85.6 cm³/mol. The van der Waals surface area contributed by atoms with Gasteiger partial charge in [-0.2, -0.15) is 13.2 Å². The lowest BCUT2D eigenvalue weighted by molar-refractivity contribution is -0.137. The molecule has 0 unspecified atom stereocenters. The van der Waals surface area contributed by atoms with E-state index in [1.54, 1.807) is 0 Å². The number of hydrogen-bond acceptors (Lipinski definition) is 5. The zero-order valence-electron chi connectivity index (χ0n) is 14.0. The van der Waals surface area contributed by atoms with Gasteiger partial charge in [-0.05, 0) is 25.0 Å². The molecular formula is C17H13ClF4N2O3. The largest absolute Gasteiger partial charge is 0.467 e. The van der Waals surface area contributed by atoms with Crippen LogP contribution in [-0.4, -0.2) is 24.1 Å². The summed E-state index contributed by atoms with van der Waals surface area (Å²) < 4.78 is 69.7. The molecule has 0 saturated heterocycles. The van der Waals surface area contributed by atoms with Gasteiger partial charge in [-0.3, -0.25) is 0 Å². The van der Waals surface area contributed by atoms with Gasteiger partial charge in [-0.15, -0.1) is 10.2 Å². The first-order valence-corrected chi connectivity index (χ1v) is 8.37. The van der Waals surface area contributed by atoms with Crippen LogP contribution in [0.5, 0.6) is 5.75 Å². The second-order valence-corrected chi connectivity index (χ2v) is 6.71. The third kappa shape index (κ3) is 3.03. The van der Waals surface area contributed by atoms with Gasteiger partial charge in [0.25, 0.3) is 0 Å². The van der Waals surface area contributed by atoms with Gasteiger partial charge in [-0.25, -0.2) is 4.39 Å². The molecule has 0 bridgehead atoms. The number of halogens is 5. The summed E-state index contributed by atoms with van der Waals surface area (Å²) in [5, 5.41) is 7.94. The van der Waals surface area contributed by atoms with Crippen molar-refractivity contribution in [3.05, 3.63) is 39.8 Å². The Morgan fingerprint density at radius 3 is 2.63 bits per heavy atom. The Kier molecular flexibility index (Phi) is 4.28. The Labute approximate surface area is 156 Å². The van der Waals surface area contributed by atoms with E-state index in [0.717, 1.165) is 12.8 Å². The number of aromatic nitrogens is 2. The zero-order chi connectivity index (χ0) is 19.4. The van der Waals surface area contributed by atoms with Crippen LogP contribution in [0.2, 0.25) is 5.15 Å². The first kappa shape index (κ1) is 18.4. The van der Waals surface area contributed by atoms with E-state index >= 15 is 0 Å². The molecule has 144 valence electrons. The van der Waals surface area contributed by atoms with Gasteiger partial charge in [0.1, 0.15) is 17.3 Å². The van der Waals surface area contributed by atoms with E-state index in [1.807, 2.05) is 0 Å². The van der Waals surface area contributed by atoms with Gasteiger partial charge in [0.15, 0.2) is 11.9 Å². The minimum absolute atomic E-state index is 0.0514. The number of hydrogen-bond donors (Lipinski definition) is 0. The summed E-state index contributed by atoms with van der Waals surface area (Å²) in [7, 11) is 1.30. The van der Waals surface area contributed by atoms with Gasteiger partial charge in [-0.1, -0.05) is 11.6 Å². The quantitative estimate of drug-likeness (QED) is 0.556. The molecule has 0 atom stereocenters. The highest BCUT2D eigenvalue weighted by Gasteiger charge is 2.53. The number of nitrogens with zero attached hydrogens (tertiary/aromatic N) is 2. The number of rotatable bonds is 4. The molecule has 1 aliphatic heterocycles. The highest BCUT2D eigenvalue weighted by atomic mass is 35.5. The van der Waals surface area contributed by atoms with Crippen molar-refractivity contribution in [3.8, 4) is 17.0 Å². The SMILES string of the molecule is COCOc1cc(C(F)(F)F)cc(F)c1-c1nnc(Cl)c2c1COC21CC1. The molecule has 27 heavy (non-hydrogen) atoms. The average Bonchev–Trinajstić information content (AvgIpc) is 3.27. The van der Waals surface area contributed by atoms with E-state index < -0.39 is 23.2 Å². The van der Waals surface area contributed by atoms with Gasteiger partial charge in [0.2, 0.25) is 0 Å². The van der Waals surface area contributed by atoms with Crippen molar-refractivity contribution in [1.82, 2.24) is 10.2 Å². The molecule has 2 heterocycles. The van der Waals surface area contributed by atoms with Crippen molar-refractivity contribution < 1.29 is 31.8 Å². The minimum atomic E-state index is -4.74. The normalized spacial score (nSPS) is 17.3. The van der Waals surface area contributed by atoms with Crippen LogP contribution >= 0.6 is 11.6 Å². The summed E-state index contributed by atoms with van der Waals surface area (Å²) in [6, 6.07) is 1.11. The fourth-order valence-electron chi connectivity index (χ4n) is 3.25. The second kappa shape index (κ2) is 6.29. The second-order valence-electron chi connectivity index (χ2n) is 6.36. The number of fused-ring (bicyclic) bond motifs is 2. The highest BCUT2D eigenvalue weighted by Crippen LogP contribution is 2.58. The third-order valence-electron chi connectivity index (χ3n) is 4.63. The number of benzene rings is 1. The van der Waals surface area contributed by atoms with Gasteiger partial charge in [0.05, 0.1) is 23.3 Å². The summed E-state index contributed by atoms with van der Waals surface area (Å²) >= 11 is 6.15. The molecule has 2 aromatic rings. The zero-order valence-corrected chi connectivity index (χ0v) is 14.7. The maximum Gasteiger partial charge on any atom is 0.416 e. The van der Waals surface area contributed by atoms with Crippen LogP contribution in [0.25, 0.3) is 11.3 Å². The molecule has 4 rings (SSSR count). The van der Waals surface area contributed by atoms with E-state index in [0.29, 0.717) is 23.3 Å². The molecule has 1 aliphatic carbocycles. The number of ether oxygens (including phenoxy) is 3. The molecular weight excluding hydrogens is 392 g/mol. The molecule has 1 fully saturated rings. The first-order chi connectivity index (χ1) is 12.8. The van der Waals surface area contributed by atoms with Crippen LogP contribution < -0.4 is 4.74 Å². The van der Waals surface area contributed by atoms with Crippen LogP contribution in [-0.2, 0) is 27.9 Å². The van der Waals surface area contributed by atoms with E-state index in [2.05, 4.69) is 10.2 Å².